The van der Waals surface area contributed by atoms with Gasteiger partial charge < -0.3 is 20.4 Å². The molecule has 1 aromatic rings. The van der Waals surface area contributed by atoms with E-state index in [2.05, 4.69) is 29.0 Å². The van der Waals surface area contributed by atoms with Gasteiger partial charge in [-0.3, -0.25) is 9.59 Å². The minimum absolute atomic E-state index is 0.0836. The molecule has 1 fully saturated rings. The summed E-state index contributed by atoms with van der Waals surface area (Å²) in [7, 11) is 2.09. The minimum Gasteiger partial charge on any atom is -0.373 e. The van der Waals surface area contributed by atoms with Gasteiger partial charge in [0.1, 0.15) is 0 Å². The second-order valence-corrected chi connectivity index (χ2v) is 6.77. The van der Waals surface area contributed by atoms with E-state index in [9.17, 15) is 9.59 Å². The third kappa shape index (κ3) is 3.47. The number of primary amides is 1. The minimum atomic E-state index is -0.297. The SMILES string of the molecule is CN1CCCN(CC(=O)N2CCCC(C(N)=O)C2)c2ccccc21. The smallest absolute Gasteiger partial charge is 0.242 e. The number of piperidine rings is 1. The molecule has 6 heteroatoms. The average Bonchev–Trinajstić information content (AvgIpc) is 2.75. The number of nitrogens with two attached hydrogens (primary N) is 1. The predicted octanol–water partition coefficient (Wildman–Crippen LogP) is 1.06. The van der Waals surface area contributed by atoms with E-state index >= 15 is 0 Å². The molecule has 1 aromatic carbocycles. The molecule has 0 bridgehead atoms. The van der Waals surface area contributed by atoms with E-state index < -0.39 is 0 Å². The average molecular weight is 330 g/mol. The lowest BCUT2D eigenvalue weighted by molar-refractivity contribution is -0.133. The van der Waals surface area contributed by atoms with Gasteiger partial charge in [-0.15, -0.1) is 0 Å². The van der Waals surface area contributed by atoms with Gasteiger partial charge in [-0.1, -0.05) is 12.1 Å². The second kappa shape index (κ2) is 7.11. The van der Waals surface area contributed by atoms with Crippen LogP contribution in [0, 0.1) is 5.92 Å². The number of hydrogen-bond donors (Lipinski definition) is 1. The van der Waals surface area contributed by atoms with Crippen LogP contribution in [0.4, 0.5) is 11.4 Å². The zero-order valence-corrected chi connectivity index (χ0v) is 14.3. The maximum atomic E-state index is 12.8. The Morgan fingerprint density at radius 3 is 2.62 bits per heavy atom. The highest BCUT2D eigenvalue weighted by atomic mass is 16.2. The van der Waals surface area contributed by atoms with Crippen LogP contribution < -0.4 is 15.5 Å². The van der Waals surface area contributed by atoms with Crippen molar-refractivity contribution in [1.29, 1.82) is 0 Å². The molecule has 2 aliphatic rings. The van der Waals surface area contributed by atoms with Gasteiger partial charge in [-0.2, -0.15) is 0 Å². The monoisotopic (exact) mass is 330 g/mol. The molecule has 2 amide bonds. The highest BCUT2D eigenvalue weighted by molar-refractivity contribution is 5.85. The number of nitrogens with zero attached hydrogens (tertiary/aromatic N) is 3. The maximum absolute atomic E-state index is 12.8. The van der Waals surface area contributed by atoms with Crippen LogP contribution in [-0.2, 0) is 9.59 Å². The van der Waals surface area contributed by atoms with Gasteiger partial charge in [0.2, 0.25) is 11.8 Å². The predicted molar refractivity (Wildman–Crippen MR) is 95.0 cm³/mol. The topological polar surface area (TPSA) is 69.9 Å². The summed E-state index contributed by atoms with van der Waals surface area (Å²) in [5.74, 6) is -0.417. The van der Waals surface area contributed by atoms with Crippen molar-refractivity contribution >= 4 is 23.2 Å². The van der Waals surface area contributed by atoms with Crippen molar-refractivity contribution in [2.75, 3.05) is 49.6 Å². The van der Waals surface area contributed by atoms with E-state index in [0.717, 1.165) is 50.3 Å². The molecule has 6 nitrogen and oxygen atoms in total. The molecule has 1 atom stereocenters. The Bertz CT molecular complexity index is 619. The summed E-state index contributed by atoms with van der Waals surface area (Å²) in [5, 5.41) is 0. The molecule has 0 saturated carbocycles. The number of anilines is 2. The lowest BCUT2D eigenvalue weighted by Crippen LogP contribution is -2.47. The number of likely N-dealkylation sites (tertiary alicyclic amines) is 1. The van der Waals surface area contributed by atoms with Gasteiger partial charge in [0.05, 0.1) is 23.8 Å². The number of rotatable bonds is 3. The summed E-state index contributed by atoms with van der Waals surface area (Å²) in [4.78, 5) is 30.4. The van der Waals surface area contributed by atoms with E-state index in [4.69, 9.17) is 5.73 Å². The van der Waals surface area contributed by atoms with Crippen LogP contribution in [0.3, 0.4) is 0 Å². The van der Waals surface area contributed by atoms with E-state index in [-0.39, 0.29) is 17.7 Å². The first kappa shape index (κ1) is 16.6. The van der Waals surface area contributed by atoms with Gasteiger partial charge in [-0.25, -0.2) is 0 Å². The Hall–Kier alpha value is -2.24. The number of carbonyl (C=O) groups excluding carboxylic acids is 2. The van der Waals surface area contributed by atoms with Gasteiger partial charge in [0.15, 0.2) is 0 Å². The summed E-state index contributed by atoms with van der Waals surface area (Å²) in [5.41, 5.74) is 7.69. The normalized spacial score (nSPS) is 21.2. The maximum Gasteiger partial charge on any atom is 0.242 e. The Morgan fingerprint density at radius 1 is 1.12 bits per heavy atom. The van der Waals surface area contributed by atoms with Crippen LogP contribution in [0.1, 0.15) is 19.3 Å². The Balaban J connectivity index is 1.72. The zero-order valence-electron chi connectivity index (χ0n) is 14.3. The van der Waals surface area contributed by atoms with Crippen LogP contribution >= 0.6 is 0 Å². The number of fused-ring (bicyclic) bond motifs is 1. The molecular formula is C18H26N4O2. The third-order valence-corrected chi connectivity index (χ3v) is 5.06. The Morgan fingerprint density at radius 2 is 1.88 bits per heavy atom. The molecular weight excluding hydrogens is 304 g/mol. The molecule has 130 valence electrons. The number of hydrogen-bond acceptors (Lipinski definition) is 4. The molecule has 1 saturated heterocycles. The van der Waals surface area contributed by atoms with Crippen LogP contribution in [0.25, 0.3) is 0 Å². The summed E-state index contributed by atoms with van der Waals surface area (Å²) < 4.78 is 0. The molecule has 0 radical (unpaired) electrons. The van der Waals surface area contributed by atoms with E-state index in [1.165, 1.54) is 0 Å². The van der Waals surface area contributed by atoms with Gasteiger partial charge in [0.25, 0.3) is 0 Å². The molecule has 2 heterocycles. The molecule has 0 aliphatic carbocycles. The van der Waals surface area contributed by atoms with Crippen molar-refractivity contribution in [2.24, 2.45) is 11.7 Å². The summed E-state index contributed by atoms with van der Waals surface area (Å²) >= 11 is 0. The van der Waals surface area contributed by atoms with Crippen molar-refractivity contribution in [3.63, 3.8) is 0 Å². The molecule has 3 rings (SSSR count). The lowest BCUT2D eigenvalue weighted by atomic mass is 9.97. The standard InChI is InChI=1S/C18H26N4O2/c1-20-9-5-11-21(16-8-3-2-7-15(16)20)13-17(23)22-10-4-6-14(12-22)18(19)24/h2-3,7-8,14H,4-6,9-13H2,1H3,(H2,19,24). The third-order valence-electron chi connectivity index (χ3n) is 5.06. The van der Waals surface area contributed by atoms with Crippen molar-refractivity contribution in [1.82, 2.24) is 4.90 Å². The fourth-order valence-electron chi connectivity index (χ4n) is 3.66. The van der Waals surface area contributed by atoms with Crippen molar-refractivity contribution in [3.05, 3.63) is 24.3 Å². The first-order valence-corrected chi connectivity index (χ1v) is 8.68. The van der Waals surface area contributed by atoms with Crippen molar-refractivity contribution in [3.8, 4) is 0 Å². The number of para-hydroxylation sites is 2. The number of benzene rings is 1. The Kier molecular flexibility index (Phi) is 4.92. The first-order valence-electron chi connectivity index (χ1n) is 8.68. The molecule has 0 spiro atoms. The highest BCUT2D eigenvalue weighted by Crippen LogP contribution is 2.31. The molecule has 2 N–H and O–H groups in total. The van der Waals surface area contributed by atoms with Crippen LogP contribution in [0.2, 0.25) is 0 Å². The number of carbonyl (C=O) groups is 2. The van der Waals surface area contributed by atoms with Crippen LogP contribution in [0.15, 0.2) is 24.3 Å². The molecule has 24 heavy (non-hydrogen) atoms. The summed E-state index contributed by atoms with van der Waals surface area (Å²) in [6.07, 6.45) is 2.65. The zero-order chi connectivity index (χ0) is 17.1. The fraction of sp³-hybridized carbons (Fsp3) is 0.556. The first-order chi connectivity index (χ1) is 11.6. The number of amides is 2. The molecule has 2 aliphatic heterocycles. The van der Waals surface area contributed by atoms with Crippen molar-refractivity contribution in [2.45, 2.75) is 19.3 Å². The summed E-state index contributed by atoms with van der Waals surface area (Å²) in [6, 6.07) is 8.22. The van der Waals surface area contributed by atoms with E-state index in [0.29, 0.717) is 13.1 Å². The summed E-state index contributed by atoms with van der Waals surface area (Å²) in [6.45, 7) is 3.38. The molecule has 0 aromatic heterocycles. The highest BCUT2D eigenvalue weighted by Gasteiger charge is 2.28. The van der Waals surface area contributed by atoms with Gasteiger partial charge >= 0.3 is 0 Å². The van der Waals surface area contributed by atoms with E-state index in [1.807, 2.05) is 12.1 Å². The second-order valence-electron chi connectivity index (χ2n) is 6.77. The fourth-order valence-corrected chi connectivity index (χ4v) is 3.66. The Labute approximate surface area is 143 Å². The van der Waals surface area contributed by atoms with Crippen LogP contribution in [-0.4, -0.2) is 56.5 Å². The quantitative estimate of drug-likeness (QED) is 0.900. The molecule has 1 unspecified atom stereocenters. The van der Waals surface area contributed by atoms with Crippen molar-refractivity contribution < 1.29 is 9.59 Å². The largest absolute Gasteiger partial charge is 0.373 e. The van der Waals surface area contributed by atoms with Crippen LogP contribution in [0.5, 0.6) is 0 Å². The van der Waals surface area contributed by atoms with Gasteiger partial charge in [0, 0.05) is 33.2 Å². The lowest BCUT2D eigenvalue weighted by Gasteiger charge is -2.33. The van der Waals surface area contributed by atoms with Gasteiger partial charge in [-0.05, 0) is 31.4 Å². The van der Waals surface area contributed by atoms with E-state index in [1.54, 1.807) is 4.90 Å².